The molecule has 240 valence electrons. The highest BCUT2D eigenvalue weighted by Crippen LogP contribution is 2.40. The Morgan fingerprint density at radius 3 is 2.33 bits per heavy atom. The lowest BCUT2D eigenvalue weighted by Gasteiger charge is -2.21. The summed E-state index contributed by atoms with van der Waals surface area (Å²) in [6.07, 6.45) is 1.77. The van der Waals surface area contributed by atoms with Crippen LogP contribution in [0, 0.1) is 0 Å². The van der Waals surface area contributed by atoms with E-state index in [0.717, 1.165) is 53.9 Å². The number of hydrogen-bond acceptors (Lipinski definition) is 6. The molecule has 5 rings (SSSR count). The van der Waals surface area contributed by atoms with Gasteiger partial charge in [0.1, 0.15) is 5.75 Å². The molecule has 46 heavy (non-hydrogen) atoms. The normalized spacial score (nSPS) is 13.9. The summed E-state index contributed by atoms with van der Waals surface area (Å²) in [4.78, 5) is 40.7. The van der Waals surface area contributed by atoms with Gasteiger partial charge in [0.25, 0.3) is 5.91 Å². The molecule has 13 heteroatoms. The first-order chi connectivity index (χ1) is 22.0. The molecule has 4 N–H and O–H groups in total. The van der Waals surface area contributed by atoms with Crippen LogP contribution in [0.25, 0.3) is 15.8 Å². The summed E-state index contributed by atoms with van der Waals surface area (Å²) in [5.41, 5.74) is 3.23. The summed E-state index contributed by atoms with van der Waals surface area (Å²) >= 11 is 0.983. The van der Waals surface area contributed by atoms with Crippen LogP contribution in [0.3, 0.4) is 0 Å². The van der Waals surface area contributed by atoms with Gasteiger partial charge in [-0.2, -0.15) is 13.2 Å². The molecule has 3 amide bonds. The molecule has 0 spiro atoms. The van der Waals surface area contributed by atoms with E-state index in [0.29, 0.717) is 15.8 Å². The van der Waals surface area contributed by atoms with E-state index in [9.17, 15) is 27.6 Å². The zero-order chi connectivity index (χ0) is 32.8. The van der Waals surface area contributed by atoms with E-state index in [1.54, 1.807) is 24.3 Å². The number of aliphatic carboxylic acids is 1. The molecule has 0 fully saturated rings. The number of rotatable bonds is 10. The maximum absolute atomic E-state index is 13.4. The number of nitrogens with one attached hydrogen (secondary N) is 3. The van der Waals surface area contributed by atoms with Crippen molar-refractivity contribution in [2.45, 2.75) is 44.3 Å². The summed E-state index contributed by atoms with van der Waals surface area (Å²) in [6.45, 7) is -0.0157. The Balaban J connectivity index is 1.39. The minimum atomic E-state index is -4.60. The van der Waals surface area contributed by atoms with Crippen LogP contribution < -0.4 is 20.7 Å². The molecule has 3 aromatic carbocycles. The van der Waals surface area contributed by atoms with Gasteiger partial charge in [0.15, 0.2) is 5.13 Å². The van der Waals surface area contributed by atoms with Gasteiger partial charge < -0.3 is 20.5 Å². The van der Waals surface area contributed by atoms with Crippen LogP contribution in [0.4, 0.5) is 23.1 Å². The standard InChI is InChI=1S/C33H31F3N4O5S/c1-45-26-18-24(33(34,35)36)17-25-29(26)46-32(38-25)40-31(44)39-28(21-9-7-20(8-10-21)19-5-3-2-4-6-19)22-11-13-23(14-12-22)30(43)37-16-15-27(41)42/h5,7-14,17-18,28H,2-4,6,15-16H2,1H3,(H,37,43)(H,41,42)(H2,38,39,40,44). The molecule has 1 heterocycles. The van der Waals surface area contributed by atoms with Gasteiger partial charge in [0.2, 0.25) is 0 Å². The van der Waals surface area contributed by atoms with Crippen LogP contribution in [0.5, 0.6) is 5.75 Å². The molecule has 0 aliphatic heterocycles. The number of anilines is 1. The molecule has 0 saturated carbocycles. The summed E-state index contributed by atoms with van der Waals surface area (Å²) in [7, 11) is 1.26. The van der Waals surface area contributed by atoms with E-state index in [-0.39, 0.29) is 29.4 Å². The first-order valence-corrected chi connectivity index (χ1v) is 15.4. The maximum atomic E-state index is 13.4. The minimum absolute atomic E-state index is 0.00563. The topological polar surface area (TPSA) is 130 Å². The SMILES string of the molecule is COc1cc(C(F)(F)F)cc2nc(NC(=O)NC(c3ccc(C(=O)NCCC(=O)O)cc3)c3ccc(C4=CCCCC4)cc3)sc12. The fourth-order valence-corrected chi connectivity index (χ4v) is 6.13. The number of aromatic nitrogens is 1. The highest BCUT2D eigenvalue weighted by atomic mass is 32.1. The first-order valence-electron chi connectivity index (χ1n) is 14.5. The number of carboxylic acid groups (broad SMARTS) is 1. The smallest absolute Gasteiger partial charge is 0.416 e. The quantitative estimate of drug-likeness (QED) is 0.141. The van der Waals surface area contributed by atoms with Crippen LogP contribution >= 0.6 is 11.3 Å². The van der Waals surface area contributed by atoms with Crippen molar-refractivity contribution in [2.75, 3.05) is 19.0 Å². The van der Waals surface area contributed by atoms with Crippen LogP contribution in [0.2, 0.25) is 0 Å². The number of fused-ring (bicyclic) bond motifs is 1. The van der Waals surface area contributed by atoms with Gasteiger partial charge >= 0.3 is 18.2 Å². The van der Waals surface area contributed by atoms with Gasteiger partial charge in [-0.3, -0.25) is 14.9 Å². The van der Waals surface area contributed by atoms with Crippen molar-refractivity contribution in [1.29, 1.82) is 0 Å². The summed E-state index contributed by atoms with van der Waals surface area (Å²) in [5, 5.41) is 17.0. The third-order valence-corrected chi connectivity index (χ3v) is 8.54. The van der Waals surface area contributed by atoms with Gasteiger partial charge in [-0.1, -0.05) is 53.8 Å². The van der Waals surface area contributed by atoms with E-state index in [4.69, 9.17) is 9.84 Å². The summed E-state index contributed by atoms with van der Waals surface area (Å²) in [6, 6.07) is 14.9. The molecule has 1 aromatic heterocycles. The zero-order valence-corrected chi connectivity index (χ0v) is 25.6. The average molecular weight is 653 g/mol. The van der Waals surface area contributed by atoms with Gasteiger partial charge in [0.05, 0.1) is 35.4 Å². The van der Waals surface area contributed by atoms with Crippen molar-refractivity contribution in [1.82, 2.24) is 15.6 Å². The molecule has 0 saturated heterocycles. The number of hydrogen-bond donors (Lipinski definition) is 4. The predicted octanol–water partition coefficient (Wildman–Crippen LogP) is 7.40. The average Bonchev–Trinajstić information content (AvgIpc) is 3.45. The largest absolute Gasteiger partial charge is 0.495 e. The lowest BCUT2D eigenvalue weighted by molar-refractivity contribution is -0.138. The Morgan fingerprint density at radius 1 is 1.02 bits per heavy atom. The Kier molecular flexibility index (Phi) is 9.90. The monoisotopic (exact) mass is 652 g/mol. The van der Waals surface area contributed by atoms with Gasteiger partial charge in [0, 0.05) is 12.1 Å². The highest BCUT2D eigenvalue weighted by Gasteiger charge is 2.32. The molecule has 1 atom stereocenters. The van der Waals surface area contributed by atoms with Crippen molar-refractivity contribution < 1.29 is 37.4 Å². The number of nitrogens with zero attached hydrogens (tertiary/aromatic N) is 1. The first kappa shape index (κ1) is 32.5. The molecule has 1 unspecified atom stereocenters. The molecule has 0 bridgehead atoms. The van der Waals surface area contributed by atoms with E-state index in [1.807, 2.05) is 24.3 Å². The molecule has 1 aliphatic rings. The zero-order valence-electron chi connectivity index (χ0n) is 24.7. The van der Waals surface area contributed by atoms with Gasteiger partial charge in [-0.25, -0.2) is 9.78 Å². The summed E-state index contributed by atoms with van der Waals surface area (Å²) in [5.74, 6) is -1.46. The Morgan fingerprint density at radius 2 is 1.72 bits per heavy atom. The van der Waals surface area contributed by atoms with Crippen molar-refractivity contribution in [3.63, 3.8) is 0 Å². The Labute approximate surface area is 266 Å². The number of carboxylic acids is 1. The molecule has 4 aromatic rings. The Bertz CT molecular complexity index is 1770. The van der Waals surface area contributed by atoms with Gasteiger partial charge in [-0.15, -0.1) is 0 Å². The van der Waals surface area contributed by atoms with Crippen LogP contribution in [-0.2, 0) is 11.0 Å². The number of allylic oxidation sites excluding steroid dienone is 2. The van der Waals surface area contributed by atoms with Crippen molar-refractivity contribution >= 4 is 50.2 Å². The summed E-state index contributed by atoms with van der Waals surface area (Å²) < 4.78 is 45.7. The second kappa shape index (κ2) is 14.0. The Hall–Kier alpha value is -4.91. The second-order valence-corrected chi connectivity index (χ2v) is 11.7. The molecule has 9 nitrogen and oxygen atoms in total. The van der Waals surface area contributed by atoms with Crippen molar-refractivity contribution in [3.05, 3.63) is 94.6 Å². The lowest BCUT2D eigenvalue weighted by atomic mass is 9.91. The van der Waals surface area contributed by atoms with Gasteiger partial charge in [-0.05, 0) is 72.2 Å². The van der Waals surface area contributed by atoms with Crippen LogP contribution in [0.15, 0.2) is 66.7 Å². The number of halogens is 3. The van der Waals surface area contributed by atoms with Crippen molar-refractivity contribution in [2.24, 2.45) is 0 Å². The number of carbonyl (C=O) groups is 3. The molecule has 1 aliphatic carbocycles. The van der Waals surface area contributed by atoms with E-state index < -0.39 is 35.7 Å². The third kappa shape index (κ3) is 7.83. The number of urea groups is 1. The van der Waals surface area contributed by atoms with E-state index in [1.165, 1.54) is 19.1 Å². The van der Waals surface area contributed by atoms with E-state index in [2.05, 4.69) is 27.0 Å². The highest BCUT2D eigenvalue weighted by molar-refractivity contribution is 7.22. The fraction of sp³-hybridized carbons (Fsp3) is 0.273. The predicted molar refractivity (Wildman–Crippen MR) is 169 cm³/mol. The number of amides is 3. The fourth-order valence-electron chi connectivity index (χ4n) is 5.20. The number of benzene rings is 3. The second-order valence-electron chi connectivity index (χ2n) is 10.7. The number of ether oxygens (including phenoxy) is 1. The maximum Gasteiger partial charge on any atom is 0.416 e. The minimum Gasteiger partial charge on any atom is -0.495 e. The van der Waals surface area contributed by atoms with Crippen LogP contribution in [0.1, 0.15) is 70.8 Å². The van der Waals surface area contributed by atoms with Crippen molar-refractivity contribution in [3.8, 4) is 5.75 Å². The van der Waals surface area contributed by atoms with E-state index >= 15 is 0 Å². The lowest BCUT2D eigenvalue weighted by Crippen LogP contribution is -2.33. The third-order valence-electron chi connectivity index (χ3n) is 7.54. The van der Waals surface area contributed by atoms with Crippen LogP contribution in [-0.4, -0.2) is 41.7 Å². The molecular weight excluding hydrogens is 621 g/mol. The number of alkyl halides is 3. The number of methoxy groups -OCH3 is 1. The molecular formula is C33H31F3N4O5S. The molecule has 0 radical (unpaired) electrons. The number of carbonyl (C=O) groups excluding carboxylic acids is 2. The number of thiazole rings is 1.